The molecule has 136 valence electrons. The van der Waals surface area contributed by atoms with E-state index in [4.69, 9.17) is 11.6 Å². The van der Waals surface area contributed by atoms with Crippen LogP contribution in [0, 0.1) is 12.7 Å². The number of guanidine groups is 1. The van der Waals surface area contributed by atoms with Crippen molar-refractivity contribution in [3.8, 4) is 0 Å². The second kappa shape index (κ2) is 7.82. The van der Waals surface area contributed by atoms with Crippen LogP contribution in [-0.4, -0.2) is 34.3 Å². The Balaban J connectivity index is 1.98. The predicted molar refractivity (Wildman–Crippen MR) is 98.4 cm³/mol. The Morgan fingerprint density at radius 2 is 2.04 bits per heavy atom. The molecule has 0 fully saturated rings. The maximum Gasteiger partial charge on any atom is 0.191 e. The second-order valence-electron chi connectivity index (χ2n) is 6.51. The van der Waals surface area contributed by atoms with Crippen molar-refractivity contribution in [2.24, 2.45) is 12.0 Å². The molecule has 6 nitrogen and oxygen atoms in total. The number of aryl methyl sites for hydroxylation is 1. The fourth-order valence-corrected chi connectivity index (χ4v) is 2.85. The third kappa shape index (κ3) is 4.69. The first kappa shape index (κ1) is 19.2. The molecule has 0 spiro atoms. The largest absolute Gasteiger partial charge is 0.356 e. The maximum absolute atomic E-state index is 13.3. The van der Waals surface area contributed by atoms with Gasteiger partial charge in [-0.3, -0.25) is 4.99 Å². The molecule has 0 saturated carbocycles. The SMILES string of the molecule is CN=C(NCc1nnc(C)n1C)NCC(C)(C)c1ccc(F)cc1Cl. The van der Waals surface area contributed by atoms with E-state index in [1.54, 1.807) is 13.1 Å². The van der Waals surface area contributed by atoms with E-state index >= 15 is 0 Å². The standard InChI is InChI=1S/C17H24ClFN6/c1-11-23-24-15(25(11)5)9-21-16(20-4)22-10-17(2,3)13-7-6-12(19)8-14(13)18/h6-8H,9-10H2,1-5H3,(H2,20,21,22). The van der Waals surface area contributed by atoms with Crippen LogP contribution in [0.25, 0.3) is 0 Å². The first-order chi connectivity index (χ1) is 11.7. The first-order valence-corrected chi connectivity index (χ1v) is 8.37. The highest BCUT2D eigenvalue weighted by Crippen LogP contribution is 2.29. The first-order valence-electron chi connectivity index (χ1n) is 7.99. The smallest absolute Gasteiger partial charge is 0.191 e. The third-order valence-corrected chi connectivity index (χ3v) is 4.49. The van der Waals surface area contributed by atoms with Crippen molar-refractivity contribution in [1.29, 1.82) is 0 Å². The number of nitrogens with one attached hydrogen (secondary N) is 2. The molecular weight excluding hydrogens is 343 g/mol. The molecule has 0 aliphatic heterocycles. The Morgan fingerprint density at radius 1 is 1.32 bits per heavy atom. The van der Waals surface area contributed by atoms with Gasteiger partial charge in [0.05, 0.1) is 6.54 Å². The summed E-state index contributed by atoms with van der Waals surface area (Å²) in [7, 11) is 3.62. The van der Waals surface area contributed by atoms with Crippen molar-refractivity contribution in [3.05, 3.63) is 46.3 Å². The average Bonchev–Trinajstić information content (AvgIpc) is 2.86. The quantitative estimate of drug-likeness (QED) is 0.630. The molecular formula is C17H24ClFN6. The molecule has 0 radical (unpaired) electrons. The Kier molecular flexibility index (Phi) is 6.00. The summed E-state index contributed by atoms with van der Waals surface area (Å²) in [5.41, 5.74) is 0.575. The van der Waals surface area contributed by atoms with Gasteiger partial charge in [-0.25, -0.2) is 4.39 Å². The summed E-state index contributed by atoms with van der Waals surface area (Å²) >= 11 is 6.19. The molecule has 2 rings (SSSR count). The van der Waals surface area contributed by atoms with Gasteiger partial charge in [0.15, 0.2) is 11.8 Å². The lowest BCUT2D eigenvalue weighted by molar-refractivity contribution is 0.506. The summed E-state index contributed by atoms with van der Waals surface area (Å²) in [6.07, 6.45) is 0. The van der Waals surface area contributed by atoms with Crippen LogP contribution < -0.4 is 10.6 Å². The van der Waals surface area contributed by atoms with Crippen molar-refractivity contribution in [1.82, 2.24) is 25.4 Å². The number of hydrogen-bond donors (Lipinski definition) is 2. The highest BCUT2D eigenvalue weighted by molar-refractivity contribution is 6.31. The topological polar surface area (TPSA) is 67.1 Å². The highest BCUT2D eigenvalue weighted by atomic mass is 35.5. The van der Waals surface area contributed by atoms with Gasteiger partial charge in [-0.15, -0.1) is 10.2 Å². The minimum absolute atomic E-state index is 0.302. The zero-order valence-corrected chi connectivity index (χ0v) is 15.9. The number of aliphatic imine (C=N–C) groups is 1. The van der Waals surface area contributed by atoms with Crippen molar-refractivity contribution in [3.63, 3.8) is 0 Å². The number of halogens is 2. The van der Waals surface area contributed by atoms with Gasteiger partial charge in [0.1, 0.15) is 11.6 Å². The van der Waals surface area contributed by atoms with Crippen LogP contribution in [0.2, 0.25) is 5.02 Å². The van der Waals surface area contributed by atoms with E-state index in [2.05, 4.69) is 25.8 Å². The van der Waals surface area contributed by atoms with Gasteiger partial charge in [0, 0.05) is 31.1 Å². The molecule has 8 heteroatoms. The van der Waals surface area contributed by atoms with E-state index in [-0.39, 0.29) is 11.2 Å². The van der Waals surface area contributed by atoms with E-state index in [0.717, 1.165) is 17.2 Å². The summed E-state index contributed by atoms with van der Waals surface area (Å²) in [4.78, 5) is 4.22. The van der Waals surface area contributed by atoms with Gasteiger partial charge in [-0.05, 0) is 24.6 Å². The van der Waals surface area contributed by atoms with E-state index in [0.29, 0.717) is 24.1 Å². The van der Waals surface area contributed by atoms with Crippen molar-refractivity contribution in [2.45, 2.75) is 32.7 Å². The molecule has 1 aromatic heterocycles. The van der Waals surface area contributed by atoms with Crippen molar-refractivity contribution < 1.29 is 4.39 Å². The molecule has 0 amide bonds. The molecule has 2 N–H and O–H groups in total. The van der Waals surface area contributed by atoms with Crippen LogP contribution in [0.5, 0.6) is 0 Å². The van der Waals surface area contributed by atoms with Gasteiger partial charge >= 0.3 is 0 Å². The van der Waals surface area contributed by atoms with Gasteiger partial charge in [-0.2, -0.15) is 0 Å². The molecule has 0 aliphatic rings. The maximum atomic E-state index is 13.3. The molecule has 0 atom stereocenters. The van der Waals surface area contributed by atoms with E-state index in [9.17, 15) is 4.39 Å². The lowest BCUT2D eigenvalue weighted by Gasteiger charge is -2.27. The third-order valence-electron chi connectivity index (χ3n) is 4.18. The van der Waals surface area contributed by atoms with Crippen LogP contribution in [0.1, 0.15) is 31.1 Å². The van der Waals surface area contributed by atoms with Crippen LogP contribution in [0.4, 0.5) is 4.39 Å². The van der Waals surface area contributed by atoms with Crippen LogP contribution in [0.15, 0.2) is 23.2 Å². The normalized spacial score (nSPS) is 12.4. The summed E-state index contributed by atoms with van der Waals surface area (Å²) in [5.74, 6) is 1.98. The highest BCUT2D eigenvalue weighted by Gasteiger charge is 2.24. The van der Waals surface area contributed by atoms with E-state index in [1.165, 1.54) is 12.1 Å². The van der Waals surface area contributed by atoms with E-state index in [1.807, 2.05) is 32.4 Å². The fourth-order valence-electron chi connectivity index (χ4n) is 2.43. The Labute approximate surface area is 152 Å². The van der Waals surface area contributed by atoms with Crippen molar-refractivity contribution >= 4 is 17.6 Å². The number of rotatable bonds is 5. The molecule has 0 saturated heterocycles. The van der Waals surface area contributed by atoms with Gasteiger partial charge in [0.25, 0.3) is 0 Å². The van der Waals surface area contributed by atoms with Gasteiger partial charge in [-0.1, -0.05) is 31.5 Å². The second-order valence-corrected chi connectivity index (χ2v) is 6.92. The Morgan fingerprint density at radius 3 is 2.60 bits per heavy atom. The molecule has 0 aliphatic carbocycles. The van der Waals surface area contributed by atoms with Crippen LogP contribution in [-0.2, 0) is 19.0 Å². The van der Waals surface area contributed by atoms with Crippen LogP contribution in [0.3, 0.4) is 0 Å². The summed E-state index contributed by atoms with van der Waals surface area (Å²) < 4.78 is 15.2. The zero-order chi connectivity index (χ0) is 18.6. The fraction of sp³-hybridized carbons (Fsp3) is 0.471. The molecule has 2 aromatic rings. The molecule has 0 unspecified atom stereocenters. The summed E-state index contributed by atoms with van der Waals surface area (Å²) in [5, 5.41) is 15.0. The zero-order valence-electron chi connectivity index (χ0n) is 15.2. The number of hydrogen-bond acceptors (Lipinski definition) is 3. The average molecular weight is 367 g/mol. The Hall–Kier alpha value is -2.15. The summed E-state index contributed by atoms with van der Waals surface area (Å²) in [6.45, 7) is 7.07. The minimum atomic E-state index is -0.339. The lowest BCUT2D eigenvalue weighted by Crippen LogP contribution is -2.43. The van der Waals surface area contributed by atoms with E-state index < -0.39 is 0 Å². The van der Waals surface area contributed by atoms with Gasteiger partial charge in [0.2, 0.25) is 0 Å². The summed E-state index contributed by atoms with van der Waals surface area (Å²) in [6, 6.07) is 4.48. The van der Waals surface area contributed by atoms with Crippen molar-refractivity contribution in [2.75, 3.05) is 13.6 Å². The predicted octanol–water partition coefficient (Wildman–Crippen LogP) is 2.56. The molecule has 1 heterocycles. The number of nitrogens with zero attached hydrogens (tertiary/aromatic N) is 4. The minimum Gasteiger partial charge on any atom is -0.356 e. The monoisotopic (exact) mass is 366 g/mol. The van der Waals surface area contributed by atoms with Crippen LogP contribution >= 0.6 is 11.6 Å². The molecule has 25 heavy (non-hydrogen) atoms. The number of benzene rings is 1. The Bertz CT molecular complexity index is 768. The number of aromatic nitrogens is 3. The van der Waals surface area contributed by atoms with Gasteiger partial charge < -0.3 is 15.2 Å². The lowest BCUT2D eigenvalue weighted by atomic mass is 9.84. The molecule has 1 aromatic carbocycles. The molecule has 0 bridgehead atoms.